The second kappa shape index (κ2) is 6.18. The van der Waals surface area contributed by atoms with Crippen LogP contribution in [0, 0.1) is 5.41 Å². The molecule has 1 saturated carbocycles. The fraction of sp³-hybridized carbons (Fsp3) is 0.875. The molecule has 2 aliphatic rings. The van der Waals surface area contributed by atoms with Gasteiger partial charge in [-0.1, -0.05) is 32.9 Å². The molecule has 0 bridgehead atoms. The molecule has 1 aliphatic carbocycles. The molecular formula is C16H31NO2S. The van der Waals surface area contributed by atoms with E-state index in [1.54, 1.807) is 0 Å². The van der Waals surface area contributed by atoms with Crippen molar-refractivity contribution in [2.75, 3.05) is 25.9 Å². The minimum atomic E-state index is -2.89. The first-order chi connectivity index (χ1) is 9.19. The summed E-state index contributed by atoms with van der Waals surface area (Å²) in [7, 11) is -2.89. The molecule has 1 saturated heterocycles. The summed E-state index contributed by atoms with van der Waals surface area (Å²) in [5, 5.41) is 0. The Morgan fingerprint density at radius 3 is 1.90 bits per heavy atom. The van der Waals surface area contributed by atoms with Gasteiger partial charge in [0.2, 0.25) is 0 Å². The summed E-state index contributed by atoms with van der Waals surface area (Å²) in [5.74, 6) is 0. The molecule has 2 rings (SSSR count). The maximum Gasteiger partial charge on any atom is 0.154 e. The highest BCUT2D eigenvalue weighted by Gasteiger charge is 2.53. The van der Waals surface area contributed by atoms with Crippen LogP contribution < -0.4 is 0 Å². The highest BCUT2D eigenvalue weighted by Crippen LogP contribution is 2.45. The number of hydrogen-bond donors (Lipinski definition) is 0. The molecular weight excluding hydrogens is 270 g/mol. The normalized spacial score (nSPS) is 24.4. The van der Waals surface area contributed by atoms with Crippen molar-refractivity contribution in [2.24, 2.45) is 5.41 Å². The van der Waals surface area contributed by atoms with Crippen LogP contribution in [0.5, 0.6) is 0 Å². The van der Waals surface area contributed by atoms with Crippen LogP contribution in [0.3, 0.4) is 0 Å². The summed E-state index contributed by atoms with van der Waals surface area (Å²) >= 11 is 0. The summed E-state index contributed by atoms with van der Waals surface area (Å²) in [5.41, 5.74) is 1.50. The summed E-state index contributed by atoms with van der Waals surface area (Å²) in [6.45, 7) is 15.2. The van der Waals surface area contributed by atoms with Gasteiger partial charge in [0.15, 0.2) is 9.84 Å². The topological polar surface area (TPSA) is 37.4 Å². The maximum absolute atomic E-state index is 11.8. The van der Waals surface area contributed by atoms with Gasteiger partial charge in [-0.25, -0.2) is 8.42 Å². The van der Waals surface area contributed by atoms with Gasteiger partial charge in [0.05, 0.1) is 4.75 Å². The zero-order valence-electron chi connectivity index (χ0n) is 13.8. The summed E-state index contributed by atoms with van der Waals surface area (Å²) in [6, 6.07) is 0. The Bertz CT molecular complexity index is 441. The lowest BCUT2D eigenvalue weighted by atomic mass is 9.75. The Balaban J connectivity index is 0.000000956. The Hall–Kier alpha value is -0.350. The van der Waals surface area contributed by atoms with Gasteiger partial charge in [-0.3, -0.25) is 0 Å². The van der Waals surface area contributed by atoms with E-state index < -0.39 is 14.6 Å². The zero-order chi connectivity index (χ0) is 15.6. The molecule has 0 aromatic carbocycles. The Kier molecular flexibility index (Phi) is 5.47. The molecule has 4 heteroatoms. The second-order valence-electron chi connectivity index (χ2n) is 6.57. The summed E-state index contributed by atoms with van der Waals surface area (Å²) in [4.78, 5) is 2.33. The van der Waals surface area contributed by atoms with Crippen LogP contribution >= 0.6 is 0 Å². The van der Waals surface area contributed by atoms with E-state index in [1.807, 2.05) is 13.8 Å². The smallest absolute Gasteiger partial charge is 0.154 e. The number of allylic oxidation sites excluding steroid dienone is 1. The van der Waals surface area contributed by atoms with E-state index in [2.05, 4.69) is 25.3 Å². The van der Waals surface area contributed by atoms with Crippen molar-refractivity contribution in [3.63, 3.8) is 0 Å². The van der Waals surface area contributed by atoms with Gasteiger partial charge < -0.3 is 4.90 Å². The first-order valence-corrected chi connectivity index (χ1v) is 9.66. The van der Waals surface area contributed by atoms with E-state index >= 15 is 0 Å². The largest absolute Gasteiger partial charge is 0.302 e. The number of nitrogens with zero attached hydrogens (tertiary/aromatic N) is 1. The van der Waals surface area contributed by atoms with E-state index in [1.165, 1.54) is 11.8 Å². The molecule has 20 heavy (non-hydrogen) atoms. The van der Waals surface area contributed by atoms with Crippen LogP contribution in [0.1, 0.15) is 53.4 Å². The van der Waals surface area contributed by atoms with Crippen LogP contribution in [-0.2, 0) is 9.84 Å². The highest BCUT2D eigenvalue weighted by molar-refractivity contribution is 7.92. The third kappa shape index (κ3) is 3.64. The number of hydrogen-bond acceptors (Lipinski definition) is 3. The van der Waals surface area contributed by atoms with Crippen LogP contribution in [-0.4, -0.2) is 44.0 Å². The molecule has 0 aromatic rings. The van der Waals surface area contributed by atoms with Crippen molar-refractivity contribution in [3.8, 4) is 0 Å². The fourth-order valence-electron chi connectivity index (χ4n) is 2.82. The molecule has 118 valence electrons. The summed E-state index contributed by atoms with van der Waals surface area (Å²) in [6.07, 6.45) is 5.28. The van der Waals surface area contributed by atoms with E-state index in [0.29, 0.717) is 0 Å². The Labute approximate surface area is 125 Å². The number of piperidine rings is 1. The molecule has 2 fully saturated rings. The lowest BCUT2D eigenvalue weighted by molar-refractivity contribution is 0.142. The van der Waals surface area contributed by atoms with Crippen molar-refractivity contribution in [1.82, 2.24) is 4.90 Å². The number of rotatable bonds is 4. The maximum atomic E-state index is 11.8. The molecule has 0 spiro atoms. The molecule has 1 heterocycles. The molecule has 3 nitrogen and oxygen atoms in total. The van der Waals surface area contributed by atoms with Gasteiger partial charge >= 0.3 is 0 Å². The first kappa shape index (κ1) is 17.7. The predicted octanol–water partition coefficient (Wildman–Crippen LogP) is 3.27. The minimum Gasteiger partial charge on any atom is -0.302 e. The highest BCUT2D eigenvalue weighted by atomic mass is 32.2. The van der Waals surface area contributed by atoms with E-state index in [0.717, 1.165) is 45.3 Å². The lowest BCUT2D eigenvalue weighted by Crippen LogP contribution is -2.45. The van der Waals surface area contributed by atoms with Crippen molar-refractivity contribution >= 4 is 9.84 Å². The van der Waals surface area contributed by atoms with E-state index in [9.17, 15) is 8.42 Å². The van der Waals surface area contributed by atoms with Crippen LogP contribution in [0.2, 0.25) is 0 Å². The van der Waals surface area contributed by atoms with Crippen LogP contribution in [0.15, 0.2) is 12.2 Å². The van der Waals surface area contributed by atoms with Crippen molar-refractivity contribution < 1.29 is 8.42 Å². The average Bonchev–Trinajstić information content (AvgIpc) is 3.15. The molecule has 0 amide bonds. The molecule has 0 unspecified atom stereocenters. The third-order valence-electron chi connectivity index (χ3n) is 5.10. The fourth-order valence-corrected chi connectivity index (χ4v) is 4.09. The SMILES string of the molecule is C=C(C)C1(C)CCN(CC2(S(C)(=O)=O)CC2)CC1.CC. The average molecular weight is 301 g/mol. The minimum absolute atomic E-state index is 0.248. The Morgan fingerprint density at radius 1 is 1.15 bits per heavy atom. The van der Waals surface area contributed by atoms with E-state index in [-0.39, 0.29) is 5.41 Å². The lowest BCUT2D eigenvalue weighted by Gasteiger charge is -2.41. The van der Waals surface area contributed by atoms with Crippen molar-refractivity contribution in [3.05, 3.63) is 12.2 Å². The standard InChI is InChI=1S/C14H25NO2S.C2H6/c1-12(2)13(3)7-9-15(10-8-13)11-14(5-6-14)18(4,16)17;1-2/h1,5-11H2,2-4H3;1-2H3. The quantitative estimate of drug-likeness (QED) is 0.748. The first-order valence-electron chi connectivity index (χ1n) is 7.77. The van der Waals surface area contributed by atoms with Gasteiger partial charge in [-0.15, -0.1) is 0 Å². The van der Waals surface area contributed by atoms with Gasteiger partial charge in [0.1, 0.15) is 0 Å². The molecule has 0 N–H and O–H groups in total. The molecule has 1 aliphatic heterocycles. The zero-order valence-corrected chi connectivity index (χ0v) is 14.6. The van der Waals surface area contributed by atoms with Gasteiger partial charge in [-0.05, 0) is 51.1 Å². The van der Waals surface area contributed by atoms with Crippen LogP contribution in [0.4, 0.5) is 0 Å². The van der Waals surface area contributed by atoms with Gasteiger partial charge in [0.25, 0.3) is 0 Å². The molecule has 0 atom stereocenters. The summed E-state index contributed by atoms with van der Waals surface area (Å²) < 4.78 is 23.2. The Morgan fingerprint density at radius 2 is 1.60 bits per heavy atom. The number of sulfone groups is 1. The van der Waals surface area contributed by atoms with Crippen molar-refractivity contribution in [1.29, 1.82) is 0 Å². The van der Waals surface area contributed by atoms with E-state index in [4.69, 9.17) is 0 Å². The van der Waals surface area contributed by atoms with Gasteiger partial charge in [0, 0.05) is 12.8 Å². The monoisotopic (exact) mass is 301 g/mol. The number of likely N-dealkylation sites (tertiary alicyclic amines) is 1. The second-order valence-corrected chi connectivity index (χ2v) is 8.98. The van der Waals surface area contributed by atoms with Gasteiger partial charge in [-0.2, -0.15) is 0 Å². The third-order valence-corrected chi connectivity index (χ3v) is 7.21. The predicted molar refractivity (Wildman–Crippen MR) is 86.8 cm³/mol. The van der Waals surface area contributed by atoms with Crippen LogP contribution in [0.25, 0.3) is 0 Å². The molecule has 0 aromatic heterocycles. The molecule has 0 radical (unpaired) electrons. The van der Waals surface area contributed by atoms with Crippen molar-refractivity contribution in [2.45, 2.75) is 58.1 Å².